The summed E-state index contributed by atoms with van der Waals surface area (Å²) in [5.74, 6) is 0.569. The zero-order chi connectivity index (χ0) is 15.4. The lowest BCUT2D eigenvalue weighted by Crippen LogP contribution is -2.42. The number of anilines is 2. The molecule has 4 nitrogen and oxygen atoms in total. The topological polar surface area (TPSA) is 52.0 Å². The highest BCUT2D eigenvalue weighted by molar-refractivity contribution is 5.49. The normalized spacial score (nSPS) is 17.8. The van der Waals surface area contributed by atoms with E-state index in [0.717, 1.165) is 31.7 Å². The fourth-order valence-electron chi connectivity index (χ4n) is 2.78. The van der Waals surface area contributed by atoms with Gasteiger partial charge in [0.2, 0.25) is 0 Å². The van der Waals surface area contributed by atoms with Gasteiger partial charge in [-0.1, -0.05) is 12.1 Å². The number of halogens is 1. The van der Waals surface area contributed by atoms with Gasteiger partial charge in [0, 0.05) is 25.3 Å². The van der Waals surface area contributed by atoms with Crippen LogP contribution in [-0.4, -0.2) is 24.1 Å². The van der Waals surface area contributed by atoms with Gasteiger partial charge >= 0.3 is 0 Å². The molecular weight excluding hydrogens is 279 g/mol. The number of nitriles is 1. The fraction of sp³-hybridized carbons (Fsp3) is 0.294. The van der Waals surface area contributed by atoms with E-state index in [2.05, 4.69) is 21.3 Å². The summed E-state index contributed by atoms with van der Waals surface area (Å²) in [7, 11) is 0. The molecule has 1 atom stereocenters. The Balaban J connectivity index is 1.68. The van der Waals surface area contributed by atoms with Crippen LogP contribution in [0.15, 0.2) is 42.6 Å². The van der Waals surface area contributed by atoms with Gasteiger partial charge in [-0.3, -0.25) is 0 Å². The van der Waals surface area contributed by atoms with Crippen LogP contribution >= 0.6 is 0 Å². The molecule has 22 heavy (non-hydrogen) atoms. The molecule has 1 aliphatic rings. The van der Waals surface area contributed by atoms with Crippen molar-refractivity contribution in [2.75, 3.05) is 23.3 Å². The van der Waals surface area contributed by atoms with Gasteiger partial charge in [-0.05, 0) is 37.1 Å². The molecule has 2 heterocycles. The van der Waals surface area contributed by atoms with Crippen molar-refractivity contribution in [3.63, 3.8) is 0 Å². The lowest BCUT2D eigenvalue weighted by molar-refractivity contribution is 0.518. The summed E-state index contributed by atoms with van der Waals surface area (Å²) < 4.78 is 13.9. The van der Waals surface area contributed by atoms with Crippen molar-refractivity contribution in [1.82, 2.24) is 4.98 Å². The van der Waals surface area contributed by atoms with E-state index >= 15 is 0 Å². The fourth-order valence-corrected chi connectivity index (χ4v) is 2.78. The Kier molecular flexibility index (Phi) is 4.19. The lowest BCUT2D eigenvalue weighted by atomic mass is 10.0. The minimum absolute atomic E-state index is 0.181. The molecule has 2 aromatic rings. The number of benzene rings is 1. The maximum atomic E-state index is 13.9. The van der Waals surface area contributed by atoms with Crippen molar-refractivity contribution >= 4 is 11.5 Å². The smallest absolute Gasteiger partial charge is 0.146 e. The van der Waals surface area contributed by atoms with Crippen LogP contribution in [0.3, 0.4) is 0 Å². The number of pyridine rings is 1. The van der Waals surface area contributed by atoms with Crippen molar-refractivity contribution in [1.29, 1.82) is 5.26 Å². The van der Waals surface area contributed by atoms with Crippen LogP contribution in [0.4, 0.5) is 15.9 Å². The number of nitrogens with one attached hydrogen (secondary N) is 1. The van der Waals surface area contributed by atoms with Gasteiger partial charge in [-0.25, -0.2) is 9.37 Å². The molecule has 1 unspecified atom stereocenters. The van der Waals surface area contributed by atoms with E-state index in [-0.39, 0.29) is 11.9 Å². The van der Waals surface area contributed by atoms with Gasteiger partial charge in [0.25, 0.3) is 0 Å². The number of hydrogen-bond acceptors (Lipinski definition) is 4. The molecule has 5 heteroatoms. The summed E-state index contributed by atoms with van der Waals surface area (Å²) in [5.41, 5.74) is 1.20. The molecule has 0 aliphatic carbocycles. The molecule has 1 saturated heterocycles. The first-order valence-electron chi connectivity index (χ1n) is 7.38. The Bertz CT molecular complexity index is 678. The number of nitrogens with zero attached hydrogens (tertiary/aromatic N) is 3. The molecule has 1 N–H and O–H groups in total. The molecule has 112 valence electrons. The monoisotopic (exact) mass is 296 g/mol. The van der Waals surface area contributed by atoms with E-state index < -0.39 is 0 Å². The minimum Gasteiger partial charge on any atom is -0.367 e. The third kappa shape index (κ3) is 3.17. The van der Waals surface area contributed by atoms with Crippen LogP contribution in [0.2, 0.25) is 0 Å². The van der Waals surface area contributed by atoms with Gasteiger partial charge in [0.1, 0.15) is 17.7 Å². The quantitative estimate of drug-likeness (QED) is 0.945. The van der Waals surface area contributed by atoms with Gasteiger partial charge in [0.15, 0.2) is 0 Å². The van der Waals surface area contributed by atoms with Crippen LogP contribution in [0.5, 0.6) is 0 Å². The average Bonchev–Trinajstić information content (AvgIpc) is 2.56. The molecule has 1 aliphatic heterocycles. The van der Waals surface area contributed by atoms with Gasteiger partial charge < -0.3 is 10.2 Å². The standard InChI is InChI=1S/C17H17FN4/c18-15-5-1-2-6-16(15)22-9-3-4-14(12-22)21-17-8-7-13(10-19)11-20-17/h1-2,5-8,11,14H,3-4,9,12H2,(H,20,21). The Morgan fingerprint density at radius 1 is 1.27 bits per heavy atom. The highest BCUT2D eigenvalue weighted by Crippen LogP contribution is 2.24. The Hall–Kier alpha value is -2.61. The predicted molar refractivity (Wildman–Crippen MR) is 84.2 cm³/mol. The summed E-state index contributed by atoms with van der Waals surface area (Å²) in [6, 6.07) is 12.7. The first kappa shape index (κ1) is 14.3. The summed E-state index contributed by atoms with van der Waals surface area (Å²) in [5, 5.41) is 12.2. The largest absolute Gasteiger partial charge is 0.367 e. The van der Waals surface area contributed by atoms with Crippen LogP contribution < -0.4 is 10.2 Å². The van der Waals surface area contributed by atoms with Crippen molar-refractivity contribution in [3.8, 4) is 6.07 Å². The number of para-hydroxylation sites is 1. The Labute approximate surface area is 129 Å². The molecule has 0 bridgehead atoms. The van der Waals surface area contributed by atoms with Gasteiger partial charge in [-0.15, -0.1) is 0 Å². The summed E-state index contributed by atoms with van der Waals surface area (Å²) in [6.45, 7) is 1.60. The highest BCUT2D eigenvalue weighted by atomic mass is 19.1. The van der Waals surface area contributed by atoms with Crippen molar-refractivity contribution in [2.24, 2.45) is 0 Å². The molecular formula is C17H17FN4. The molecule has 0 radical (unpaired) electrons. The zero-order valence-corrected chi connectivity index (χ0v) is 12.2. The summed E-state index contributed by atoms with van der Waals surface area (Å²) >= 11 is 0. The number of rotatable bonds is 3. The van der Waals surface area contributed by atoms with Crippen molar-refractivity contribution < 1.29 is 4.39 Å². The van der Waals surface area contributed by atoms with E-state index in [4.69, 9.17) is 5.26 Å². The van der Waals surface area contributed by atoms with Gasteiger partial charge in [-0.2, -0.15) is 5.26 Å². The number of piperidine rings is 1. The number of aromatic nitrogens is 1. The maximum Gasteiger partial charge on any atom is 0.146 e. The van der Waals surface area contributed by atoms with Crippen molar-refractivity contribution in [2.45, 2.75) is 18.9 Å². The minimum atomic E-state index is -0.181. The third-order valence-electron chi connectivity index (χ3n) is 3.86. The number of hydrogen-bond donors (Lipinski definition) is 1. The van der Waals surface area contributed by atoms with Crippen LogP contribution in [0.1, 0.15) is 18.4 Å². The molecule has 0 spiro atoms. The second kappa shape index (κ2) is 6.44. The predicted octanol–water partition coefficient (Wildman–Crippen LogP) is 3.17. The maximum absolute atomic E-state index is 13.9. The van der Waals surface area contributed by atoms with E-state index in [1.165, 1.54) is 6.07 Å². The first-order chi connectivity index (χ1) is 10.8. The van der Waals surface area contributed by atoms with Crippen LogP contribution in [0, 0.1) is 17.1 Å². The lowest BCUT2D eigenvalue weighted by Gasteiger charge is -2.35. The average molecular weight is 296 g/mol. The van der Waals surface area contributed by atoms with Gasteiger partial charge in [0.05, 0.1) is 11.3 Å². The van der Waals surface area contributed by atoms with Crippen molar-refractivity contribution in [3.05, 3.63) is 54.0 Å². The van der Waals surface area contributed by atoms with E-state index in [9.17, 15) is 4.39 Å². The van der Waals surface area contributed by atoms with E-state index in [1.807, 2.05) is 12.1 Å². The highest BCUT2D eigenvalue weighted by Gasteiger charge is 2.22. The Morgan fingerprint density at radius 3 is 2.86 bits per heavy atom. The zero-order valence-electron chi connectivity index (χ0n) is 12.2. The van der Waals surface area contributed by atoms with E-state index in [1.54, 1.807) is 24.4 Å². The molecule has 1 aromatic heterocycles. The molecule has 0 saturated carbocycles. The van der Waals surface area contributed by atoms with E-state index in [0.29, 0.717) is 11.3 Å². The SMILES string of the molecule is N#Cc1ccc(NC2CCCN(c3ccccc3F)C2)nc1. The second-order valence-corrected chi connectivity index (χ2v) is 5.42. The molecule has 1 fully saturated rings. The molecule has 1 aromatic carbocycles. The molecule has 0 amide bonds. The second-order valence-electron chi connectivity index (χ2n) is 5.42. The third-order valence-corrected chi connectivity index (χ3v) is 3.86. The molecule has 3 rings (SSSR count). The summed E-state index contributed by atoms with van der Waals surface area (Å²) in [6.07, 6.45) is 3.58. The van der Waals surface area contributed by atoms with Crippen LogP contribution in [-0.2, 0) is 0 Å². The first-order valence-corrected chi connectivity index (χ1v) is 7.38. The van der Waals surface area contributed by atoms with Crippen LogP contribution in [0.25, 0.3) is 0 Å². The summed E-state index contributed by atoms with van der Waals surface area (Å²) in [4.78, 5) is 6.30. The Morgan fingerprint density at radius 2 is 2.14 bits per heavy atom.